The summed E-state index contributed by atoms with van der Waals surface area (Å²) in [4.78, 5) is 68.0. The standard InChI is InChI=1S/C22H24N2O12/c1-3-17(25)35-13-19(27)31-8-10-33-21(29)23-15-6-5-7-16(12-15)24-22(30)34-11-9-32-20(28)14-36-18(26)4-2/h3-7,12H,1-2,8-11,13-14H2,(H,23,29)(H,24,30). The van der Waals surface area contributed by atoms with Gasteiger partial charge in [0.2, 0.25) is 0 Å². The van der Waals surface area contributed by atoms with Crippen LogP contribution in [0.5, 0.6) is 0 Å². The maximum absolute atomic E-state index is 11.8. The van der Waals surface area contributed by atoms with E-state index >= 15 is 0 Å². The highest BCUT2D eigenvalue weighted by atomic mass is 16.6. The Morgan fingerprint density at radius 3 is 1.42 bits per heavy atom. The smallest absolute Gasteiger partial charge is 0.411 e. The fourth-order valence-electron chi connectivity index (χ4n) is 2.02. The van der Waals surface area contributed by atoms with Crippen LogP contribution in [0.3, 0.4) is 0 Å². The molecule has 1 rings (SSSR count). The van der Waals surface area contributed by atoms with Crippen LogP contribution in [-0.2, 0) is 47.6 Å². The molecule has 0 unspecified atom stereocenters. The minimum absolute atomic E-state index is 0.263. The zero-order valence-corrected chi connectivity index (χ0v) is 19.0. The second-order valence-corrected chi connectivity index (χ2v) is 6.17. The Labute approximate surface area is 205 Å². The third kappa shape index (κ3) is 13.6. The maximum Gasteiger partial charge on any atom is 0.411 e. The van der Waals surface area contributed by atoms with Gasteiger partial charge in [0.25, 0.3) is 0 Å². The molecule has 0 radical (unpaired) electrons. The largest absolute Gasteiger partial charge is 0.460 e. The zero-order valence-electron chi connectivity index (χ0n) is 19.0. The third-order valence-electron chi connectivity index (χ3n) is 3.51. The van der Waals surface area contributed by atoms with E-state index in [2.05, 4.69) is 33.3 Å². The van der Waals surface area contributed by atoms with E-state index in [0.29, 0.717) is 0 Å². The van der Waals surface area contributed by atoms with E-state index in [4.69, 9.17) is 18.9 Å². The van der Waals surface area contributed by atoms with Crippen LogP contribution in [0.4, 0.5) is 21.0 Å². The van der Waals surface area contributed by atoms with Crippen molar-refractivity contribution >= 4 is 47.4 Å². The van der Waals surface area contributed by atoms with Crippen LogP contribution in [-0.4, -0.2) is 75.7 Å². The van der Waals surface area contributed by atoms with Gasteiger partial charge in [-0.05, 0) is 18.2 Å². The lowest BCUT2D eigenvalue weighted by molar-refractivity contribution is -0.156. The van der Waals surface area contributed by atoms with Gasteiger partial charge >= 0.3 is 36.1 Å². The minimum Gasteiger partial charge on any atom is -0.460 e. The second-order valence-electron chi connectivity index (χ2n) is 6.17. The highest BCUT2D eigenvalue weighted by Crippen LogP contribution is 2.15. The van der Waals surface area contributed by atoms with E-state index < -0.39 is 49.3 Å². The van der Waals surface area contributed by atoms with Gasteiger partial charge in [0.15, 0.2) is 13.2 Å². The minimum atomic E-state index is -0.857. The van der Waals surface area contributed by atoms with Crippen LogP contribution in [0, 0.1) is 0 Å². The number of carbonyl (C=O) groups excluding carboxylic acids is 6. The predicted octanol–water partition coefficient (Wildman–Crippen LogP) is 1.33. The molecule has 194 valence electrons. The van der Waals surface area contributed by atoms with Gasteiger partial charge in [-0.2, -0.15) is 0 Å². The molecule has 14 nitrogen and oxygen atoms in total. The Hall–Kier alpha value is -4.88. The summed E-state index contributed by atoms with van der Waals surface area (Å²) in [6.07, 6.45) is 0.0701. The van der Waals surface area contributed by atoms with Crippen molar-refractivity contribution < 1.29 is 57.2 Å². The van der Waals surface area contributed by atoms with Crippen molar-refractivity contribution in [3.05, 3.63) is 49.6 Å². The Bertz CT molecular complexity index is 902. The lowest BCUT2D eigenvalue weighted by Gasteiger charge is -2.10. The number of ether oxygens (including phenoxy) is 6. The first-order valence-corrected chi connectivity index (χ1v) is 10.1. The van der Waals surface area contributed by atoms with Crippen molar-refractivity contribution in [3.8, 4) is 0 Å². The number of nitrogens with one attached hydrogen (secondary N) is 2. The third-order valence-corrected chi connectivity index (χ3v) is 3.51. The highest BCUT2D eigenvalue weighted by Gasteiger charge is 2.10. The lowest BCUT2D eigenvalue weighted by atomic mass is 10.3. The summed E-state index contributed by atoms with van der Waals surface area (Å²) in [6.45, 7) is 4.09. The number of anilines is 2. The lowest BCUT2D eigenvalue weighted by Crippen LogP contribution is -2.21. The molecule has 0 bridgehead atoms. The Kier molecular flexibility index (Phi) is 13.5. The molecule has 0 fully saturated rings. The van der Waals surface area contributed by atoms with Gasteiger partial charge in [0.05, 0.1) is 0 Å². The number of hydrogen-bond acceptors (Lipinski definition) is 12. The van der Waals surface area contributed by atoms with Gasteiger partial charge in [-0.15, -0.1) is 0 Å². The molecule has 2 amide bonds. The molecule has 0 saturated heterocycles. The fraction of sp³-hybridized carbons (Fsp3) is 0.273. The quantitative estimate of drug-likeness (QED) is 0.159. The van der Waals surface area contributed by atoms with Crippen LogP contribution in [0.2, 0.25) is 0 Å². The van der Waals surface area contributed by atoms with E-state index in [1.165, 1.54) is 24.3 Å². The number of benzene rings is 1. The molecule has 14 heteroatoms. The summed E-state index contributed by atoms with van der Waals surface area (Å²) < 4.78 is 28.1. The fourth-order valence-corrected chi connectivity index (χ4v) is 2.02. The molecule has 1 aromatic rings. The summed E-state index contributed by atoms with van der Waals surface area (Å²) in [5.74, 6) is -3.21. The van der Waals surface area contributed by atoms with Crippen LogP contribution in [0.15, 0.2) is 49.6 Å². The van der Waals surface area contributed by atoms with Gasteiger partial charge in [0.1, 0.15) is 26.4 Å². The van der Waals surface area contributed by atoms with E-state index in [1.54, 1.807) is 0 Å². The summed E-state index contributed by atoms with van der Waals surface area (Å²) in [6, 6.07) is 5.98. The average Bonchev–Trinajstić information content (AvgIpc) is 2.86. The van der Waals surface area contributed by atoms with Crippen LogP contribution < -0.4 is 10.6 Å². The van der Waals surface area contributed by atoms with E-state index in [0.717, 1.165) is 12.2 Å². The normalized spacial score (nSPS) is 9.56. The molecular weight excluding hydrogens is 484 g/mol. The number of amides is 2. The summed E-state index contributed by atoms with van der Waals surface area (Å²) in [7, 11) is 0. The Morgan fingerprint density at radius 1 is 0.639 bits per heavy atom. The summed E-state index contributed by atoms with van der Waals surface area (Å²) in [5.41, 5.74) is 0.545. The van der Waals surface area contributed by atoms with Crippen molar-refractivity contribution in [2.45, 2.75) is 0 Å². The molecule has 0 atom stereocenters. The van der Waals surface area contributed by atoms with Crippen molar-refractivity contribution in [2.75, 3.05) is 50.3 Å². The molecule has 0 aromatic heterocycles. The van der Waals surface area contributed by atoms with Gasteiger partial charge in [-0.25, -0.2) is 28.8 Å². The zero-order chi connectivity index (χ0) is 26.8. The SMILES string of the molecule is C=CC(=O)OCC(=O)OCCOC(=O)Nc1cccc(NC(=O)OCCOC(=O)COC(=O)C=C)c1. The number of hydrogen-bond donors (Lipinski definition) is 2. The van der Waals surface area contributed by atoms with Crippen LogP contribution in [0.25, 0.3) is 0 Å². The molecule has 0 heterocycles. The molecule has 0 spiro atoms. The van der Waals surface area contributed by atoms with Gasteiger partial charge in [0, 0.05) is 23.5 Å². The van der Waals surface area contributed by atoms with E-state index in [-0.39, 0.29) is 37.8 Å². The van der Waals surface area contributed by atoms with Gasteiger partial charge < -0.3 is 28.4 Å². The molecule has 0 aliphatic carbocycles. The molecule has 36 heavy (non-hydrogen) atoms. The van der Waals surface area contributed by atoms with Gasteiger partial charge in [-0.3, -0.25) is 10.6 Å². The molecule has 1 aromatic carbocycles. The average molecular weight is 508 g/mol. The summed E-state index contributed by atoms with van der Waals surface area (Å²) in [5, 5.41) is 4.81. The maximum atomic E-state index is 11.8. The number of rotatable bonds is 14. The first-order chi connectivity index (χ1) is 17.2. The molecule has 0 saturated carbocycles. The monoisotopic (exact) mass is 508 g/mol. The molecular formula is C22H24N2O12. The van der Waals surface area contributed by atoms with E-state index in [9.17, 15) is 28.8 Å². The highest BCUT2D eigenvalue weighted by molar-refractivity contribution is 5.89. The van der Waals surface area contributed by atoms with Crippen LogP contribution in [0.1, 0.15) is 0 Å². The number of esters is 4. The van der Waals surface area contributed by atoms with Crippen LogP contribution >= 0.6 is 0 Å². The Morgan fingerprint density at radius 2 is 1.03 bits per heavy atom. The van der Waals surface area contributed by atoms with Crippen molar-refractivity contribution in [3.63, 3.8) is 0 Å². The van der Waals surface area contributed by atoms with Crippen molar-refractivity contribution in [1.82, 2.24) is 0 Å². The van der Waals surface area contributed by atoms with E-state index in [1.807, 2.05) is 0 Å². The van der Waals surface area contributed by atoms with Crippen molar-refractivity contribution in [1.29, 1.82) is 0 Å². The molecule has 2 N–H and O–H groups in total. The predicted molar refractivity (Wildman–Crippen MR) is 121 cm³/mol. The second kappa shape index (κ2) is 16.7. The first-order valence-electron chi connectivity index (χ1n) is 10.1. The van der Waals surface area contributed by atoms with Crippen molar-refractivity contribution in [2.24, 2.45) is 0 Å². The topological polar surface area (TPSA) is 182 Å². The Balaban J connectivity index is 2.27. The number of carbonyl (C=O) groups is 6. The van der Waals surface area contributed by atoms with Gasteiger partial charge in [-0.1, -0.05) is 19.2 Å². The molecule has 0 aliphatic heterocycles. The molecule has 0 aliphatic rings. The summed E-state index contributed by atoms with van der Waals surface area (Å²) >= 11 is 0. The first kappa shape index (κ1) is 29.2.